The van der Waals surface area contributed by atoms with Gasteiger partial charge in [0, 0.05) is 43.6 Å². The summed E-state index contributed by atoms with van der Waals surface area (Å²) in [7, 11) is 0. The van der Waals surface area contributed by atoms with Crippen LogP contribution in [0.5, 0.6) is 0 Å². The molecule has 0 atom stereocenters. The van der Waals surface area contributed by atoms with Gasteiger partial charge in [0.25, 0.3) is 0 Å². The minimum Gasteiger partial charge on any atom is -0.341 e. The second-order valence-electron chi connectivity index (χ2n) is 4.22. The summed E-state index contributed by atoms with van der Waals surface area (Å²) >= 11 is 0. The van der Waals surface area contributed by atoms with E-state index in [1.807, 2.05) is 12.4 Å². The second-order valence-corrected chi connectivity index (χ2v) is 4.22. The summed E-state index contributed by atoms with van der Waals surface area (Å²) in [5.74, 6) is 0.833. The van der Waals surface area contributed by atoms with E-state index in [2.05, 4.69) is 34.0 Å². The zero-order valence-electron chi connectivity index (χ0n) is 10.1. The van der Waals surface area contributed by atoms with E-state index < -0.39 is 0 Å². The summed E-state index contributed by atoms with van der Waals surface area (Å²) in [6.07, 6.45) is 6.49. The van der Waals surface area contributed by atoms with Crippen molar-refractivity contribution in [2.75, 3.05) is 18.0 Å². The molecule has 2 rings (SSSR count). The van der Waals surface area contributed by atoms with Gasteiger partial charge in [-0.15, -0.1) is 0 Å². The molecule has 1 aliphatic carbocycles. The molecule has 1 N–H and O–H groups in total. The highest BCUT2D eigenvalue weighted by Crippen LogP contribution is 2.19. The lowest BCUT2D eigenvalue weighted by Gasteiger charge is -2.18. The van der Waals surface area contributed by atoms with E-state index in [-0.39, 0.29) is 0 Å². The van der Waals surface area contributed by atoms with E-state index >= 15 is 0 Å². The number of nitrogens with one attached hydrogen (secondary N) is 1. The van der Waals surface area contributed by atoms with Gasteiger partial charge in [-0.05, 0) is 26.7 Å². The first-order valence-corrected chi connectivity index (χ1v) is 6.12. The highest BCUT2D eigenvalue weighted by atomic mass is 15.2. The van der Waals surface area contributed by atoms with E-state index in [1.54, 1.807) is 0 Å². The van der Waals surface area contributed by atoms with E-state index in [0.717, 1.165) is 31.6 Å². The zero-order valence-corrected chi connectivity index (χ0v) is 10.1. The number of hydrogen-bond acceptors (Lipinski definition) is 4. The van der Waals surface area contributed by atoms with Gasteiger partial charge < -0.3 is 10.2 Å². The van der Waals surface area contributed by atoms with E-state index in [9.17, 15) is 0 Å². The molecule has 0 unspecified atom stereocenters. The molecule has 88 valence electrons. The minimum atomic E-state index is 0.738. The molecule has 0 spiro atoms. The number of aromatic nitrogens is 2. The second kappa shape index (κ2) is 5.25. The van der Waals surface area contributed by atoms with Crippen LogP contribution in [-0.2, 0) is 6.54 Å². The first-order chi connectivity index (χ1) is 7.83. The van der Waals surface area contributed by atoms with Gasteiger partial charge >= 0.3 is 0 Å². The first-order valence-electron chi connectivity index (χ1n) is 6.12. The third-order valence-electron chi connectivity index (χ3n) is 2.91. The van der Waals surface area contributed by atoms with Gasteiger partial charge in [0.2, 0.25) is 5.95 Å². The number of nitrogens with zero attached hydrogens (tertiary/aromatic N) is 3. The van der Waals surface area contributed by atoms with Gasteiger partial charge in [-0.2, -0.15) is 0 Å². The van der Waals surface area contributed by atoms with E-state index in [0.29, 0.717) is 0 Å². The maximum atomic E-state index is 4.39. The summed E-state index contributed by atoms with van der Waals surface area (Å²) in [5, 5.41) is 3.46. The Kier molecular flexibility index (Phi) is 3.72. The lowest BCUT2D eigenvalue weighted by molar-refractivity contribution is 0.682. The topological polar surface area (TPSA) is 41.1 Å². The molecule has 1 aromatic heterocycles. The highest BCUT2D eigenvalue weighted by molar-refractivity contribution is 5.29. The predicted molar refractivity (Wildman–Crippen MR) is 65.5 cm³/mol. The molecule has 1 aromatic rings. The van der Waals surface area contributed by atoms with Crippen molar-refractivity contribution in [3.63, 3.8) is 0 Å². The molecule has 1 aliphatic rings. The van der Waals surface area contributed by atoms with Crippen LogP contribution in [-0.4, -0.2) is 29.1 Å². The van der Waals surface area contributed by atoms with E-state index in [1.165, 1.54) is 18.4 Å². The summed E-state index contributed by atoms with van der Waals surface area (Å²) < 4.78 is 0. The monoisotopic (exact) mass is 220 g/mol. The van der Waals surface area contributed by atoms with Crippen LogP contribution in [0.4, 0.5) is 5.95 Å². The van der Waals surface area contributed by atoms with Gasteiger partial charge in [0.1, 0.15) is 0 Å². The molecular weight excluding hydrogens is 200 g/mol. The molecule has 0 saturated heterocycles. The van der Waals surface area contributed by atoms with Crippen LogP contribution < -0.4 is 10.2 Å². The summed E-state index contributed by atoms with van der Waals surface area (Å²) in [4.78, 5) is 10.9. The Hall–Kier alpha value is -1.16. The SMILES string of the molecule is CCN(CC)c1ncc(CNC2CC2)cn1. The number of hydrogen-bond donors (Lipinski definition) is 1. The van der Waals surface area contributed by atoms with Crippen molar-refractivity contribution in [2.45, 2.75) is 39.3 Å². The summed E-state index contributed by atoms with van der Waals surface area (Å²) in [6.45, 7) is 7.04. The molecule has 0 bridgehead atoms. The molecule has 1 heterocycles. The number of anilines is 1. The van der Waals surface area contributed by atoms with Crippen molar-refractivity contribution in [1.82, 2.24) is 15.3 Å². The highest BCUT2D eigenvalue weighted by Gasteiger charge is 2.19. The number of rotatable bonds is 6. The van der Waals surface area contributed by atoms with Crippen LogP contribution in [0.15, 0.2) is 12.4 Å². The smallest absolute Gasteiger partial charge is 0.225 e. The quantitative estimate of drug-likeness (QED) is 0.790. The molecule has 4 nitrogen and oxygen atoms in total. The van der Waals surface area contributed by atoms with Crippen LogP contribution in [0.25, 0.3) is 0 Å². The molecule has 0 aromatic carbocycles. The molecule has 0 radical (unpaired) electrons. The molecule has 0 aliphatic heterocycles. The Bertz CT molecular complexity index is 314. The Balaban J connectivity index is 1.91. The fourth-order valence-corrected chi connectivity index (χ4v) is 1.66. The van der Waals surface area contributed by atoms with Crippen molar-refractivity contribution in [1.29, 1.82) is 0 Å². The lowest BCUT2D eigenvalue weighted by atomic mass is 10.3. The molecule has 16 heavy (non-hydrogen) atoms. The van der Waals surface area contributed by atoms with Crippen molar-refractivity contribution in [3.05, 3.63) is 18.0 Å². The van der Waals surface area contributed by atoms with Gasteiger partial charge in [-0.1, -0.05) is 0 Å². The van der Waals surface area contributed by atoms with Gasteiger partial charge in [-0.25, -0.2) is 9.97 Å². The zero-order chi connectivity index (χ0) is 11.4. The third-order valence-corrected chi connectivity index (χ3v) is 2.91. The van der Waals surface area contributed by atoms with Gasteiger partial charge in [0.15, 0.2) is 0 Å². The fraction of sp³-hybridized carbons (Fsp3) is 0.667. The Morgan fingerprint density at radius 3 is 2.38 bits per heavy atom. The van der Waals surface area contributed by atoms with Gasteiger partial charge in [-0.3, -0.25) is 0 Å². The normalized spacial score (nSPS) is 15.1. The average Bonchev–Trinajstić information content (AvgIpc) is 3.13. The lowest BCUT2D eigenvalue weighted by Crippen LogP contribution is -2.24. The van der Waals surface area contributed by atoms with Crippen LogP contribution in [0.2, 0.25) is 0 Å². The Morgan fingerprint density at radius 2 is 1.88 bits per heavy atom. The van der Waals surface area contributed by atoms with Crippen LogP contribution >= 0.6 is 0 Å². The van der Waals surface area contributed by atoms with Crippen LogP contribution in [0.1, 0.15) is 32.3 Å². The van der Waals surface area contributed by atoms with Crippen molar-refractivity contribution in [3.8, 4) is 0 Å². The van der Waals surface area contributed by atoms with Gasteiger partial charge in [0.05, 0.1) is 0 Å². The summed E-state index contributed by atoms with van der Waals surface area (Å²) in [5.41, 5.74) is 1.17. The average molecular weight is 220 g/mol. The predicted octanol–water partition coefficient (Wildman–Crippen LogP) is 1.57. The molecule has 0 amide bonds. The standard InChI is InChI=1S/C12H20N4/c1-3-16(4-2)12-14-8-10(9-15-12)7-13-11-5-6-11/h8-9,11,13H,3-7H2,1-2H3. The maximum Gasteiger partial charge on any atom is 0.225 e. The van der Waals surface area contributed by atoms with Crippen LogP contribution in [0.3, 0.4) is 0 Å². The van der Waals surface area contributed by atoms with E-state index in [4.69, 9.17) is 0 Å². The largest absolute Gasteiger partial charge is 0.341 e. The van der Waals surface area contributed by atoms with Crippen molar-refractivity contribution < 1.29 is 0 Å². The molecule has 4 heteroatoms. The molecule has 1 fully saturated rings. The molecule has 1 saturated carbocycles. The maximum absolute atomic E-state index is 4.39. The first kappa shape index (κ1) is 11.3. The van der Waals surface area contributed by atoms with Crippen LogP contribution in [0, 0.1) is 0 Å². The Morgan fingerprint density at radius 1 is 1.25 bits per heavy atom. The summed E-state index contributed by atoms with van der Waals surface area (Å²) in [6, 6.07) is 0.738. The van der Waals surface area contributed by atoms with Crippen molar-refractivity contribution >= 4 is 5.95 Å². The minimum absolute atomic E-state index is 0.738. The fourth-order valence-electron chi connectivity index (χ4n) is 1.66. The van der Waals surface area contributed by atoms with Crippen molar-refractivity contribution in [2.24, 2.45) is 0 Å². The Labute approximate surface area is 97.1 Å². The third kappa shape index (κ3) is 2.92. The molecular formula is C12H20N4.